The van der Waals surface area contributed by atoms with Crippen molar-refractivity contribution in [3.8, 4) is 5.88 Å². The van der Waals surface area contributed by atoms with Crippen LogP contribution in [0.2, 0.25) is 0 Å². The van der Waals surface area contributed by atoms with Gasteiger partial charge in [-0.15, -0.1) is 0 Å². The highest BCUT2D eigenvalue weighted by molar-refractivity contribution is 5.82. The minimum Gasteiger partial charge on any atom is -0.472 e. The second-order valence-electron chi connectivity index (χ2n) is 6.76. The van der Waals surface area contributed by atoms with E-state index in [4.69, 9.17) is 9.47 Å². The van der Waals surface area contributed by atoms with Gasteiger partial charge >= 0.3 is 0 Å². The molecule has 1 aromatic heterocycles. The molecule has 0 N–H and O–H groups in total. The Morgan fingerprint density at radius 1 is 1.24 bits per heavy atom. The summed E-state index contributed by atoms with van der Waals surface area (Å²) in [5.41, 5.74) is 3.49. The van der Waals surface area contributed by atoms with Gasteiger partial charge in [-0.05, 0) is 23.6 Å². The maximum absolute atomic E-state index is 12.8. The molecule has 1 fully saturated rings. The van der Waals surface area contributed by atoms with E-state index in [2.05, 4.69) is 17.1 Å². The number of hydrogen-bond acceptors (Lipinski definition) is 4. The van der Waals surface area contributed by atoms with Crippen LogP contribution in [0.4, 0.5) is 0 Å². The zero-order valence-corrected chi connectivity index (χ0v) is 14.4. The van der Waals surface area contributed by atoms with Crippen LogP contribution in [0.5, 0.6) is 5.88 Å². The molecule has 5 heteroatoms. The van der Waals surface area contributed by atoms with Crippen molar-refractivity contribution in [1.82, 2.24) is 9.88 Å². The molecule has 0 spiro atoms. The number of aryl methyl sites for hydroxylation is 1. The number of hydrogen-bond donors (Lipinski definition) is 0. The first-order chi connectivity index (χ1) is 12.2. The van der Waals surface area contributed by atoms with E-state index < -0.39 is 0 Å². The number of benzene rings is 1. The summed E-state index contributed by atoms with van der Waals surface area (Å²) in [6, 6.07) is 12.0. The van der Waals surface area contributed by atoms with Gasteiger partial charge in [0.15, 0.2) is 0 Å². The molecule has 0 bridgehead atoms. The predicted octanol–water partition coefficient (Wildman–Crippen LogP) is 2.51. The summed E-state index contributed by atoms with van der Waals surface area (Å²) >= 11 is 0. The smallest absolute Gasteiger partial charge is 0.252 e. The molecule has 2 atom stereocenters. The van der Waals surface area contributed by atoms with Crippen LogP contribution in [-0.2, 0) is 22.6 Å². The highest BCUT2D eigenvalue weighted by Gasteiger charge is 2.34. The van der Waals surface area contributed by atoms with E-state index in [9.17, 15) is 4.79 Å². The van der Waals surface area contributed by atoms with Gasteiger partial charge in [-0.1, -0.05) is 30.3 Å². The molecule has 2 unspecified atom stereocenters. The maximum atomic E-state index is 12.8. The largest absolute Gasteiger partial charge is 0.472 e. The second kappa shape index (κ2) is 6.84. The highest BCUT2D eigenvalue weighted by atomic mass is 16.5. The molecule has 4 rings (SSSR count). The van der Waals surface area contributed by atoms with Gasteiger partial charge in [-0.25, -0.2) is 4.98 Å². The number of nitrogens with zero attached hydrogens (tertiary/aromatic N) is 2. The minimum absolute atomic E-state index is 0.00460. The summed E-state index contributed by atoms with van der Waals surface area (Å²) in [4.78, 5) is 18.9. The first kappa shape index (κ1) is 16.1. The molecule has 2 aliphatic heterocycles. The maximum Gasteiger partial charge on any atom is 0.252 e. The van der Waals surface area contributed by atoms with E-state index in [0.717, 1.165) is 12.0 Å². The topological polar surface area (TPSA) is 51.7 Å². The van der Waals surface area contributed by atoms with E-state index in [1.165, 1.54) is 11.1 Å². The van der Waals surface area contributed by atoms with Crippen molar-refractivity contribution in [3.05, 3.63) is 59.3 Å². The van der Waals surface area contributed by atoms with Crippen LogP contribution in [0.3, 0.4) is 0 Å². The standard InChI is InChI=1S/C20H22N2O3/c1-14-6-7-19(21-11-14)25-17-8-9-22(12-17)20(23)18-10-15-4-2-3-5-16(15)13-24-18/h2-7,11,17-18H,8-10,12-13H2,1H3. The number of aromatic nitrogens is 1. The van der Waals surface area contributed by atoms with Crippen molar-refractivity contribution in [2.45, 2.75) is 38.6 Å². The number of likely N-dealkylation sites (tertiary alicyclic amines) is 1. The van der Waals surface area contributed by atoms with Gasteiger partial charge in [0, 0.05) is 31.6 Å². The number of carbonyl (C=O) groups excluding carboxylic acids is 1. The number of fused-ring (bicyclic) bond motifs is 1. The van der Waals surface area contributed by atoms with E-state index in [-0.39, 0.29) is 18.1 Å². The van der Waals surface area contributed by atoms with Crippen molar-refractivity contribution >= 4 is 5.91 Å². The van der Waals surface area contributed by atoms with Crippen LogP contribution in [0, 0.1) is 6.92 Å². The molecule has 2 aromatic rings. The number of rotatable bonds is 3. The van der Waals surface area contributed by atoms with Gasteiger partial charge in [-0.2, -0.15) is 0 Å². The van der Waals surface area contributed by atoms with Crippen molar-refractivity contribution < 1.29 is 14.3 Å². The molecule has 1 aromatic carbocycles. The summed E-state index contributed by atoms with van der Waals surface area (Å²) in [7, 11) is 0. The molecule has 0 radical (unpaired) electrons. The van der Waals surface area contributed by atoms with E-state index in [0.29, 0.717) is 32.0 Å². The van der Waals surface area contributed by atoms with Crippen LogP contribution in [-0.4, -0.2) is 41.1 Å². The Kier molecular flexibility index (Phi) is 4.40. The Morgan fingerprint density at radius 3 is 2.88 bits per heavy atom. The lowest BCUT2D eigenvalue weighted by Gasteiger charge is -2.28. The second-order valence-corrected chi connectivity index (χ2v) is 6.76. The third kappa shape index (κ3) is 3.51. The zero-order chi connectivity index (χ0) is 17.2. The fourth-order valence-electron chi connectivity index (χ4n) is 3.43. The molecule has 25 heavy (non-hydrogen) atoms. The third-order valence-electron chi connectivity index (χ3n) is 4.87. The summed E-state index contributed by atoms with van der Waals surface area (Å²) in [5.74, 6) is 0.685. The molecule has 130 valence electrons. The molecule has 0 saturated carbocycles. The van der Waals surface area contributed by atoms with E-state index >= 15 is 0 Å². The van der Waals surface area contributed by atoms with Gasteiger partial charge in [0.25, 0.3) is 5.91 Å². The molecule has 3 heterocycles. The quantitative estimate of drug-likeness (QED) is 0.863. The Bertz CT molecular complexity index is 760. The average Bonchev–Trinajstić information content (AvgIpc) is 3.11. The Hall–Kier alpha value is -2.40. The SMILES string of the molecule is Cc1ccc(OC2CCN(C(=O)C3Cc4ccccc4CO3)C2)nc1. The van der Waals surface area contributed by atoms with E-state index in [1.54, 1.807) is 6.20 Å². The average molecular weight is 338 g/mol. The molecule has 1 amide bonds. The van der Waals surface area contributed by atoms with Crippen LogP contribution in [0.1, 0.15) is 23.1 Å². The van der Waals surface area contributed by atoms with Gasteiger partial charge in [0.05, 0.1) is 13.2 Å². The number of carbonyl (C=O) groups is 1. The normalized spacial score (nSPS) is 22.5. The first-order valence-electron chi connectivity index (χ1n) is 8.75. The lowest BCUT2D eigenvalue weighted by molar-refractivity contribution is -0.144. The highest BCUT2D eigenvalue weighted by Crippen LogP contribution is 2.24. The number of amides is 1. The summed E-state index contributed by atoms with van der Waals surface area (Å²) in [5, 5.41) is 0. The fourth-order valence-corrected chi connectivity index (χ4v) is 3.43. The summed E-state index contributed by atoms with van der Waals surface area (Å²) in [6.07, 6.45) is 2.88. The van der Waals surface area contributed by atoms with E-state index in [1.807, 2.05) is 36.1 Å². The van der Waals surface area contributed by atoms with Crippen molar-refractivity contribution in [3.63, 3.8) is 0 Å². The molecule has 0 aliphatic carbocycles. The van der Waals surface area contributed by atoms with Gasteiger partial charge in [-0.3, -0.25) is 4.79 Å². The van der Waals surface area contributed by atoms with Gasteiger partial charge in [0.2, 0.25) is 5.88 Å². The molecule has 5 nitrogen and oxygen atoms in total. The van der Waals surface area contributed by atoms with Crippen LogP contribution in [0.25, 0.3) is 0 Å². The molecular weight excluding hydrogens is 316 g/mol. The fraction of sp³-hybridized carbons (Fsp3) is 0.400. The Morgan fingerprint density at radius 2 is 2.08 bits per heavy atom. The summed E-state index contributed by atoms with van der Waals surface area (Å²) < 4.78 is 11.7. The number of ether oxygens (including phenoxy) is 2. The van der Waals surface area contributed by atoms with Crippen LogP contribution >= 0.6 is 0 Å². The monoisotopic (exact) mass is 338 g/mol. The van der Waals surface area contributed by atoms with Gasteiger partial charge in [0.1, 0.15) is 12.2 Å². The number of pyridine rings is 1. The summed E-state index contributed by atoms with van der Waals surface area (Å²) in [6.45, 7) is 3.80. The van der Waals surface area contributed by atoms with Crippen LogP contribution < -0.4 is 4.74 Å². The molecular formula is C20H22N2O3. The molecule has 1 saturated heterocycles. The van der Waals surface area contributed by atoms with Crippen molar-refractivity contribution in [2.75, 3.05) is 13.1 Å². The molecule has 2 aliphatic rings. The zero-order valence-electron chi connectivity index (χ0n) is 14.4. The van der Waals surface area contributed by atoms with Crippen molar-refractivity contribution in [1.29, 1.82) is 0 Å². The van der Waals surface area contributed by atoms with Crippen molar-refractivity contribution in [2.24, 2.45) is 0 Å². The third-order valence-corrected chi connectivity index (χ3v) is 4.87. The first-order valence-corrected chi connectivity index (χ1v) is 8.75. The Balaban J connectivity index is 1.35. The van der Waals surface area contributed by atoms with Crippen LogP contribution in [0.15, 0.2) is 42.6 Å². The Labute approximate surface area is 147 Å². The lowest BCUT2D eigenvalue weighted by Crippen LogP contribution is -2.42. The lowest BCUT2D eigenvalue weighted by atomic mass is 9.98. The van der Waals surface area contributed by atoms with Gasteiger partial charge < -0.3 is 14.4 Å². The minimum atomic E-state index is -0.383. The predicted molar refractivity (Wildman–Crippen MR) is 93.3 cm³/mol.